The Bertz CT molecular complexity index is 585. The molecule has 1 N–H and O–H groups in total. The largest absolute Gasteiger partial charge is 0.485 e. The van der Waals surface area contributed by atoms with Crippen LogP contribution in [0, 0.1) is 6.92 Å². The third-order valence-corrected chi connectivity index (χ3v) is 4.09. The van der Waals surface area contributed by atoms with Gasteiger partial charge in [-0.3, -0.25) is 0 Å². The number of carbonyl (C=O) groups is 1. The molecule has 0 aliphatic carbocycles. The Kier molecular flexibility index (Phi) is 3.90. The molecule has 2 heterocycles. The van der Waals surface area contributed by atoms with Crippen molar-refractivity contribution in [3.63, 3.8) is 0 Å². The van der Waals surface area contributed by atoms with Gasteiger partial charge in [0.1, 0.15) is 23.8 Å². The van der Waals surface area contributed by atoms with Gasteiger partial charge in [-0.15, -0.1) is 11.3 Å². The molecule has 0 amide bonds. The van der Waals surface area contributed by atoms with E-state index in [1.54, 1.807) is 13.0 Å². The zero-order valence-corrected chi connectivity index (χ0v) is 11.8. The second-order valence-electron chi connectivity index (χ2n) is 4.45. The monoisotopic (exact) mass is 281 g/mol. The molecule has 0 aliphatic rings. The van der Waals surface area contributed by atoms with Crippen LogP contribution in [0.2, 0.25) is 0 Å². The topological polar surface area (TPSA) is 72.6 Å². The molecule has 0 unspecified atom stereocenters. The number of thiophene rings is 1. The van der Waals surface area contributed by atoms with Gasteiger partial charge in [0.2, 0.25) is 0 Å². The van der Waals surface area contributed by atoms with Crippen LogP contribution in [0.5, 0.6) is 5.75 Å². The van der Waals surface area contributed by atoms with Gasteiger partial charge in [-0.2, -0.15) is 0 Å². The Hall–Kier alpha value is -1.82. The highest BCUT2D eigenvalue weighted by Gasteiger charge is 2.19. The van der Waals surface area contributed by atoms with Gasteiger partial charge in [-0.25, -0.2) is 9.78 Å². The van der Waals surface area contributed by atoms with Gasteiger partial charge >= 0.3 is 5.97 Å². The van der Waals surface area contributed by atoms with E-state index < -0.39 is 5.97 Å². The van der Waals surface area contributed by atoms with Crippen molar-refractivity contribution in [3.05, 3.63) is 33.7 Å². The van der Waals surface area contributed by atoms with Gasteiger partial charge in [-0.1, -0.05) is 13.8 Å². The zero-order valence-electron chi connectivity index (χ0n) is 11.0. The number of oxazole rings is 1. The van der Waals surface area contributed by atoms with Crippen LogP contribution in [0.1, 0.15) is 45.8 Å². The summed E-state index contributed by atoms with van der Waals surface area (Å²) in [7, 11) is 0. The number of hydrogen-bond donors (Lipinski definition) is 1. The maximum absolute atomic E-state index is 11.2. The standard InChI is InChI=1S/C13H15NO4S/c1-7(2)11-4-10(12(19-11)13(15)16)17-5-9-8(3)18-6-14-9/h4,6-7H,5H2,1-3H3,(H,15,16). The van der Waals surface area contributed by atoms with Crippen molar-refractivity contribution in [1.82, 2.24) is 4.98 Å². The van der Waals surface area contributed by atoms with Gasteiger partial charge in [0.05, 0.1) is 0 Å². The summed E-state index contributed by atoms with van der Waals surface area (Å²) in [6.07, 6.45) is 1.35. The molecule has 6 heteroatoms. The van der Waals surface area contributed by atoms with E-state index in [1.807, 2.05) is 13.8 Å². The number of aromatic nitrogens is 1. The van der Waals surface area contributed by atoms with Crippen LogP contribution in [0.3, 0.4) is 0 Å². The van der Waals surface area contributed by atoms with E-state index >= 15 is 0 Å². The molecule has 0 aliphatic heterocycles. The van der Waals surface area contributed by atoms with Crippen molar-refractivity contribution in [2.24, 2.45) is 0 Å². The summed E-state index contributed by atoms with van der Waals surface area (Å²) in [4.78, 5) is 16.4. The second kappa shape index (κ2) is 5.44. The maximum atomic E-state index is 11.2. The van der Waals surface area contributed by atoms with Crippen LogP contribution < -0.4 is 4.74 Å². The van der Waals surface area contributed by atoms with E-state index in [4.69, 9.17) is 14.3 Å². The molecule has 0 atom stereocenters. The van der Waals surface area contributed by atoms with Crippen LogP contribution >= 0.6 is 11.3 Å². The fourth-order valence-corrected chi connectivity index (χ4v) is 2.49. The van der Waals surface area contributed by atoms with Crippen molar-refractivity contribution in [2.45, 2.75) is 33.3 Å². The van der Waals surface area contributed by atoms with E-state index in [9.17, 15) is 4.79 Å². The zero-order chi connectivity index (χ0) is 14.0. The van der Waals surface area contributed by atoms with Crippen LogP contribution in [0.4, 0.5) is 0 Å². The van der Waals surface area contributed by atoms with Gasteiger partial charge in [-0.05, 0) is 18.9 Å². The van der Waals surface area contributed by atoms with Crippen molar-refractivity contribution in [1.29, 1.82) is 0 Å². The molecular formula is C13H15NO4S. The minimum atomic E-state index is -0.969. The summed E-state index contributed by atoms with van der Waals surface area (Å²) in [5, 5.41) is 9.17. The lowest BCUT2D eigenvalue weighted by Gasteiger charge is -2.03. The number of carboxylic acids is 1. The fraction of sp³-hybridized carbons (Fsp3) is 0.385. The van der Waals surface area contributed by atoms with Gasteiger partial charge < -0.3 is 14.3 Å². The molecule has 102 valence electrons. The van der Waals surface area contributed by atoms with Gasteiger partial charge in [0.15, 0.2) is 11.3 Å². The highest BCUT2D eigenvalue weighted by molar-refractivity contribution is 7.14. The summed E-state index contributed by atoms with van der Waals surface area (Å²) in [6.45, 7) is 6.03. The summed E-state index contributed by atoms with van der Waals surface area (Å²) in [5.74, 6) is 0.373. The van der Waals surface area contributed by atoms with E-state index in [1.165, 1.54) is 17.7 Å². The molecule has 0 fully saturated rings. The fourth-order valence-electron chi connectivity index (χ4n) is 1.55. The smallest absolute Gasteiger partial charge is 0.349 e. The average molecular weight is 281 g/mol. The molecule has 0 aromatic carbocycles. The molecule has 0 spiro atoms. The van der Waals surface area contributed by atoms with Crippen molar-refractivity contribution >= 4 is 17.3 Å². The first kappa shape index (κ1) is 13.6. The van der Waals surface area contributed by atoms with Crippen molar-refractivity contribution in [3.8, 4) is 5.75 Å². The Morgan fingerprint density at radius 2 is 2.32 bits per heavy atom. The maximum Gasteiger partial charge on any atom is 0.349 e. The summed E-state index contributed by atoms with van der Waals surface area (Å²) < 4.78 is 10.6. The third-order valence-electron chi connectivity index (χ3n) is 2.69. The minimum Gasteiger partial charge on any atom is -0.485 e. The Morgan fingerprint density at radius 3 is 2.84 bits per heavy atom. The first-order chi connectivity index (χ1) is 8.99. The summed E-state index contributed by atoms with van der Waals surface area (Å²) >= 11 is 1.25. The van der Waals surface area contributed by atoms with E-state index in [0.29, 0.717) is 17.2 Å². The second-order valence-corrected chi connectivity index (χ2v) is 5.53. The Morgan fingerprint density at radius 1 is 1.58 bits per heavy atom. The summed E-state index contributed by atoms with van der Waals surface area (Å²) in [6, 6.07) is 1.79. The van der Waals surface area contributed by atoms with Crippen molar-refractivity contribution < 1.29 is 19.1 Å². The lowest BCUT2D eigenvalue weighted by Crippen LogP contribution is -2.01. The third kappa shape index (κ3) is 2.96. The van der Waals surface area contributed by atoms with Gasteiger partial charge in [0, 0.05) is 4.88 Å². The van der Waals surface area contributed by atoms with Crippen LogP contribution in [0.15, 0.2) is 16.9 Å². The first-order valence-corrected chi connectivity index (χ1v) is 6.69. The molecule has 0 saturated heterocycles. The lowest BCUT2D eigenvalue weighted by atomic mass is 10.2. The molecule has 0 radical (unpaired) electrons. The quantitative estimate of drug-likeness (QED) is 0.908. The van der Waals surface area contributed by atoms with Crippen LogP contribution in [-0.2, 0) is 6.61 Å². The van der Waals surface area contributed by atoms with E-state index in [2.05, 4.69) is 4.98 Å². The molecule has 0 bridgehead atoms. The number of rotatable bonds is 5. The number of ether oxygens (including phenoxy) is 1. The first-order valence-electron chi connectivity index (χ1n) is 5.87. The SMILES string of the molecule is Cc1ocnc1COc1cc(C(C)C)sc1C(=O)O. The normalized spacial score (nSPS) is 10.9. The predicted molar refractivity (Wildman–Crippen MR) is 70.9 cm³/mol. The lowest BCUT2D eigenvalue weighted by molar-refractivity contribution is 0.0697. The predicted octanol–water partition coefficient (Wildman–Crippen LogP) is 3.45. The van der Waals surface area contributed by atoms with Crippen molar-refractivity contribution in [2.75, 3.05) is 0 Å². The Balaban J connectivity index is 2.19. The molecule has 2 aromatic heterocycles. The molecule has 2 aromatic rings. The highest BCUT2D eigenvalue weighted by Crippen LogP contribution is 2.34. The number of carboxylic acid groups (broad SMARTS) is 1. The van der Waals surface area contributed by atoms with Crippen LogP contribution in [-0.4, -0.2) is 16.1 Å². The highest BCUT2D eigenvalue weighted by atomic mass is 32.1. The van der Waals surface area contributed by atoms with Crippen LogP contribution in [0.25, 0.3) is 0 Å². The number of hydrogen-bond acceptors (Lipinski definition) is 5. The number of nitrogens with zero attached hydrogens (tertiary/aromatic N) is 1. The number of aryl methyl sites for hydroxylation is 1. The molecular weight excluding hydrogens is 266 g/mol. The minimum absolute atomic E-state index is 0.205. The van der Waals surface area contributed by atoms with E-state index in [-0.39, 0.29) is 17.4 Å². The number of aromatic carboxylic acids is 1. The molecule has 0 saturated carbocycles. The average Bonchev–Trinajstić information content (AvgIpc) is 2.92. The van der Waals surface area contributed by atoms with E-state index in [0.717, 1.165) is 4.88 Å². The molecule has 19 heavy (non-hydrogen) atoms. The molecule has 5 nitrogen and oxygen atoms in total. The molecule has 2 rings (SSSR count). The Labute approximate surface area is 114 Å². The summed E-state index contributed by atoms with van der Waals surface area (Å²) in [5.41, 5.74) is 0.675. The van der Waals surface area contributed by atoms with Gasteiger partial charge in [0.25, 0.3) is 0 Å².